The smallest absolute Gasteiger partial charge is 0.419 e. The Labute approximate surface area is 165 Å². The molecule has 3 rings (SSSR count). The minimum Gasteiger partial charge on any atom is -0.492 e. The number of nitrogens with one attached hydrogen (secondary N) is 1. The number of carbonyl (C=O) groups is 1. The largest absolute Gasteiger partial charge is 0.492 e. The van der Waals surface area contributed by atoms with Crippen LogP contribution in [0.25, 0.3) is 0 Å². The number of anilines is 1. The van der Waals surface area contributed by atoms with Gasteiger partial charge in [0.05, 0.1) is 12.8 Å². The van der Waals surface area contributed by atoms with Gasteiger partial charge in [-0.1, -0.05) is 18.2 Å². The Morgan fingerprint density at radius 2 is 1.90 bits per heavy atom. The first-order chi connectivity index (χ1) is 13.9. The number of oxazole rings is 1. The highest BCUT2D eigenvalue weighted by Crippen LogP contribution is 2.29. The minimum atomic E-state index is -0.723. The lowest BCUT2D eigenvalue weighted by Crippen LogP contribution is -2.33. The van der Waals surface area contributed by atoms with Crippen molar-refractivity contribution in [1.29, 1.82) is 0 Å². The number of esters is 1. The van der Waals surface area contributed by atoms with Crippen molar-refractivity contribution in [1.82, 2.24) is 4.98 Å². The van der Waals surface area contributed by atoms with E-state index in [4.69, 9.17) is 20.6 Å². The fourth-order valence-electron chi connectivity index (χ4n) is 2.77. The first-order valence-electron chi connectivity index (χ1n) is 8.75. The molecule has 2 aromatic carbocycles. The molecule has 1 unspecified atom stereocenters. The molecular weight excluding hydrogens is 378 g/mol. The molecule has 0 aliphatic carbocycles. The molecule has 0 amide bonds. The fourth-order valence-corrected chi connectivity index (χ4v) is 2.77. The van der Waals surface area contributed by atoms with Gasteiger partial charge in [0.25, 0.3) is 0 Å². The zero-order valence-electron chi connectivity index (χ0n) is 15.7. The van der Waals surface area contributed by atoms with E-state index >= 15 is 0 Å². The summed E-state index contributed by atoms with van der Waals surface area (Å²) in [5.41, 5.74) is 13.8. The Morgan fingerprint density at radius 1 is 1.21 bits per heavy atom. The van der Waals surface area contributed by atoms with Crippen molar-refractivity contribution in [2.24, 2.45) is 5.73 Å². The quantitative estimate of drug-likeness (QED) is 0.346. The number of aromatic hydroxyl groups is 1. The van der Waals surface area contributed by atoms with Crippen LogP contribution in [-0.2, 0) is 22.4 Å². The van der Waals surface area contributed by atoms with E-state index in [1.807, 2.05) is 0 Å². The van der Waals surface area contributed by atoms with Gasteiger partial charge in [-0.25, -0.2) is 4.79 Å². The highest BCUT2D eigenvalue weighted by molar-refractivity contribution is 5.75. The van der Waals surface area contributed by atoms with Gasteiger partial charge in [0.15, 0.2) is 5.76 Å². The maximum atomic E-state index is 11.4. The highest BCUT2D eigenvalue weighted by atomic mass is 16.5. The van der Waals surface area contributed by atoms with Gasteiger partial charge in [-0.2, -0.15) is 0 Å². The summed E-state index contributed by atoms with van der Waals surface area (Å²) in [5.74, 6) is -0.349. The number of aromatic amines is 1. The zero-order chi connectivity index (χ0) is 21.0. The molecule has 0 bridgehead atoms. The summed E-state index contributed by atoms with van der Waals surface area (Å²) in [4.78, 5) is 24.7. The first-order valence-corrected chi connectivity index (χ1v) is 8.75. The number of ether oxygens (including phenoxy) is 2. The van der Waals surface area contributed by atoms with E-state index in [0.29, 0.717) is 23.6 Å². The summed E-state index contributed by atoms with van der Waals surface area (Å²) >= 11 is 0. The SMILES string of the molecule is COC(=O)C(N)Cc1ccc(Oc2ccc(Cc3oc(=O)[nH]c3O)cc2N)cc1. The highest BCUT2D eigenvalue weighted by Gasteiger charge is 2.14. The first kappa shape index (κ1) is 20.0. The molecule has 0 radical (unpaired) electrons. The molecule has 0 saturated heterocycles. The summed E-state index contributed by atoms with van der Waals surface area (Å²) in [6.07, 6.45) is 0.552. The average Bonchev–Trinajstić information content (AvgIpc) is 3.01. The van der Waals surface area contributed by atoms with Gasteiger partial charge in [0, 0.05) is 6.42 Å². The molecular formula is C20H21N3O6. The van der Waals surface area contributed by atoms with E-state index < -0.39 is 17.8 Å². The van der Waals surface area contributed by atoms with E-state index in [0.717, 1.165) is 11.1 Å². The van der Waals surface area contributed by atoms with E-state index in [-0.39, 0.29) is 18.1 Å². The number of aromatic nitrogens is 1. The number of hydrogen-bond acceptors (Lipinski definition) is 8. The van der Waals surface area contributed by atoms with Crippen molar-refractivity contribution in [2.75, 3.05) is 12.8 Å². The maximum Gasteiger partial charge on any atom is 0.419 e. The van der Waals surface area contributed by atoms with Gasteiger partial charge < -0.3 is 30.5 Å². The van der Waals surface area contributed by atoms with Crippen molar-refractivity contribution in [2.45, 2.75) is 18.9 Å². The van der Waals surface area contributed by atoms with Crippen LogP contribution in [0, 0.1) is 0 Å². The topological polar surface area (TPSA) is 154 Å². The Balaban J connectivity index is 1.66. The third-order valence-corrected chi connectivity index (χ3v) is 4.25. The number of benzene rings is 2. The second-order valence-corrected chi connectivity index (χ2v) is 6.42. The lowest BCUT2D eigenvalue weighted by Gasteiger charge is -2.12. The molecule has 0 spiro atoms. The minimum absolute atomic E-state index is 0.129. The number of carbonyl (C=O) groups excluding carboxylic acids is 1. The molecule has 3 aromatic rings. The van der Waals surface area contributed by atoms with Crippen LogP contribution in [0.15, 0.2) is 51.7 Å². The van der Waals surface area contributed by atoms with Gasteiger partial charge in [-0.3, -0.25) is 9.78 Å². The van der Waals surface area contributed by atoms with Crippen LogP contribution in [0.1, 0.15) is 16.9 Å². The monoisotopic (exact) mass is 399 g/mol. The van der Waals surface area contributed by atoms with Crippen molar-refractivity contribution in [3.05, 3.63) is 69.9 Å². The third kappa shape index (κ3) is 4.96. The summed E-state index contributed by atoms with van der Waals surface area (Å²) in [6.45, 7) is 0. The number of nitrogen functional groups attached to an aromatic ring is 1. The van der Waals surface area contributed by atoms with Crippen LogP contribution < -0.4 is 22.0 Å². The van der Waals surface area contributed by atoms with Crippen LogP contribution in [-0.4, -0.2) is 29.2 Å². The predicted molar refractivity (Wildman–Crippen MR) is 105 cm³/mol. The molecule has 152 valence electrons. The molecule has 0 aliphatic heterocycles. The van der Waals surface area contributed by atoms with Gasteiger partial charge in [0.2, 0.25) is 5.88 Å². The van der Waals surface area contributed by atoms with E-state index in [1.165, 1.54) is 7.11 Å². The van der Waals surface area contributed by atoms with Crippen molar-refractivity contribution in [3.8, 4) is 17.4 Å². The van der Waals surface area contributed by atoms with Crippen LogP contribution >= 0.6 is 0 Å². The number of methoxy groups -OCH3 is 1. The van der Waals surface area contributed by atoms with Gasteiger partial charge >= 0.3 is 11.7 Å². The van der Waals surface area contributed by atoms with Crippen molar-refractivity contribution >= 4 is 11.7 Å². The molecule has 0 saturated carbocycles. The van der Waals surface area contributed by atoms with Crippen LogP contribution in [0.5, 0.6) is 17.4 Å². The molecule has 0 fully saturated rings. The third-order valence-electron chi connectivity index (χ3n) is 4.25. The van der Waals surface area contributed by atoms with E-state index in [9.17, 15) is 14.7 Å². The summed E-state index contributed by atoms with van der Waals surface area (Å²) in [5, 5.41) is 9.59. The lowest BCUT2D eigenvalue weighted by atomic mass is 10.1. The van der Waals surface area contributed by atoms with Crippen LogP contribution in [0.2, 0.25) is 0 Å². The van der Waals surface area contributed by atoms with Crippen LogP contribution in [0.3, 0.4) is 0 Å². The molecule has 29 heavy (non-hydrogen) atoms. The van der Waals surface area contributed by atoms with Crippen LogP contribution in [0.4, 0.5) is 5.69 Å². The molecule has 9 heteroatoms. The van der Waals surface area contributed by atoms with Crippen molar-refractivity contribution < 1.29 is 23.8 Å². The zero-order valence-corrected chi connectivity index (χ0v) is 15.7. The number of rotatable bonds is 7. The molecule has 6 N–H and O–H groups in total. The second kappa shape index (κ2) is 8.53. The fraction of sp³-hybridized carbons (Fsp3) is 0.200. The molecule has 1 heterocycles. The molecule has 1 aromatic heterocycles. The van der Waals surface area contributed by atoms with Gasteiger partial charge in [-0.15, -0.1) is 0 Å². The molecule has 9 nitrogen and oxygen atoms in total. The second-order valence-electron chi connectivity index (χ2n) is 6.42. The number of nitrogens with two attached hydrogens (primary N) is 2. The maximum absolute atomic E-state index is 11.4. The molecule has 0 aliphatic rings. The Morgan fingerprint density at radius 3 is 2.48 bits per heavy atom. The predicted octanol–water partition coefficient (Wildman–Crippen LogP) is 1.68. The van der Waals surface area contributed by atoms with E-state index in [2.05, 4.69) is 9.72 Å². The number of hydrogen-bond donors (Lipinski definition) is 4. The Bertz CT molecular complexity index is 1050. The van der Waals surface area contributed by atoms with E-state index in [1.54, 1.807) is 42.5 Å². The van der Waals surface area contributed by atoms with Gasteiger partial charge in [0.1, 0.15) is 17.5 Å². The lowest BCUT2D eigenvalue weighted by molar-refractivity contribution is -0.142. The van der Waals surface area contributed by atoms with Gasteiger partial charge in [-0.05, 0) is 41.8 Å². The summed E-state index contributed by atoms with van der Waals surface area (Å²) in [6, 6.07) is 11.5. The normalized spacial score (nSPS) is 11.8. The Hall–Kier alpha value is -3.72. The average molecular weight is 399 g/mol. The van der Waals surface area contributed by atoms with Crippen molar-refractivity contribution in [3.63, 3.8) is 0 Å². The standard InChI is InChI=1S/C20H21N3O6/c1-27-19(25)15(22)8-11-2-5-13(6-3-11)28-16-7-4-12(9-14(16)21)10-17-18(24)23-20(26)29-17/h2-7,9,15,24H,8,10,21-22H2,1H3,(H,23,26). The molecule has 1 atom stereocenters. The number of H-pyrrole nitrogens is 1. The Kier molecular flexibility index (Phi) is 5.89. The summed E-state index contributed by atoms with van der Waals surface area (Å²) in [7, 11) is 1.30. The summed E-state index contributed by atoms with van der Waals surface area (Å²) < 4.78 is 15.3.